The van der Waals surface area contributed by atoms with Gasteiger partial charge in [-0.2, -0.15) is 0 Å². The summed E-state index contributed by atoms with van der Waals surface area (Å²) < 4.78 is 27.7. The molecule has 0 aliphatic heterocycles. The Bertz CT molecular complexity index is 1540. The van der Waals surface area contributed by atoms with Gasteiger partial charge >= 0.3 is 85.3 Å². The quantitative estimate of drug-likeness (QED) is 0.0695. The molecule has 89 heavy (non-hydrogen) atoms. The number of nitrogens with zero attached hydrogens (tertiary/aromatic N) is 4. The molecule has 70 N–H and O–H groups in total. The van der Waals surface area contributed by atoms with E-state index in [1.54, 1.807) is 0 Å². The number of hydrogen-bond acceptors (Lipinski definition) is 22. The molecule has 4 radical (unpaired) electrons. The largest absolute Gasteiger partial charge is 3.00 e. The number of carboxylic acids is 8. The van der Waals surface area contributed by atoms with Crippen molar-refractivity contribution in [3.05, 3.63) is 58.2 Å². The summed E-state index contributed by atoms with van der Waals surface area (Å²) in [6.45, 7) is -9.30. The molecule has 2 aromatic carbocycles. The van der Waals surface area contributed by atoms with Crippen molar-refractivity contribution in [3.63, 3.8) is 0 Å². The van der Waals surface area contributed by atoms with Crippen LogP contribution in [0.25, 0.3) is 0 Å². The Kier molecular flexibility index (Phi) is 277. The van der Waals surface area contributed by atoms with E-state index in [0.29, 0.717) is 0 Å². The second kappa shape index (κ2) is 111. The van der Waals surface area contributed by atoms with Crippen molar-refractivity contribution in [2.24, 2.45) is 0 Å². The van der Waals surface area contributed by atoms with E-state index in [4.69, 9.17) is 0 Å². The van der Waals surface area contributed by atoms with Gasteiger partial charge in [0.1, 0.15) is 11.6 Å². The normalized spacial score (nSPS) is 6.90. The maximum atomic E-state index is 13.9. The van der Waals surface area contributed by atoms with E-state index in [2.05, 4.69) is 0 Å². The van der Waals surface area contributed by atoms with Gasteiger partial charge < -0.3 is 243 Å². The molecule has 2 rings (SSSR count). The number of aliphatic carboxylic acids is 8. The minimum absolute atomic E-state index is 0. The summed E-state index contributed by atoms with van der Waals surface area (Å²) >= 11 is 0. The molecule has 0 saturated carbocycles. The summed E-state index contributed by atoms with van der Waals surface area (Å²) in [6, 6.07) is 3.02. The van der Waals surface area contributed by atoms with Crippen LogP contribution in [0.5, 0.6) is 11.5 Å². The summed E-state index contributed by atoms with van der Waals surface area (Å²) in [4.78, 5) is 88.6. The van der Waals surface area contributed by atoms with E-state index < -0.39 is 149 Å². The first-order valence-corrected chi connectivity index (χ1v) is 15.4. The molecule has 558 valence electrons. The Morgan fingerprint density at radius 3 is 0.438 bits per heavy atom. The summed E-state index contributed by atoms with van der Waals surface area (Å²) in [7, 11) is 0. The summed E-state index contributed by atoms with van der Waals surface area (Å²) in [5, 5.41) is 111. The minimum Gasteiger partial charge on any atom is -0.872 e. The standard InChI is InChI=1S/2C16H19FN2O9.5Fe.28H2O/c2*17-11-1-9(3-18(5-12(20)21)6-13(22)23)16(28)10(2-11)4-19(7-14(24)25)8-15(26)27;;;;;;;;;;;;;;;;;;;;;;;;;;;;;;;;;/h2*1-2,28H,3-8H2,(H,20,21)(H,22,23)(H,24,25)(H,26,27);;;;;;28*1H2/q;;+2;4*+3;;;;;;;;;;;;;;;;;;;;;;;;;;;;/p+4. The van der Waals surface area contributed by atoms with Crippen LogP contribution in [0.4, 0.5) is 8.78 Å². The van der Waals surface area contributed by atoms with Crippen molar-refractivity contribution in [1.82, 2.24) is 19.6 Å². The number of carbonyl (C=O) groups is 8. The van der Waals surface area contributed by atoms with Gasteiger partial charge in [-0.1, -0.05) is 11.5 Å². The van der Waals surface area contributed by atoms with E-state index in [-0.39, 0.29) is 261 Å². The van der Waals surface area contributed by atoms with Gasteiger partial charge in [0.2, 0.25) is 0 Å². The van der Waals surface area contributed by atoms with Gasteiger partial charge in [0.25, 0.3) is 0 Å². The molecule has 0 amide bonds. The first-order valence-electron chi connectivity index (χ1n) is 15.4. The van der Waals surface area contributed by atoms with Crippen LogP contribution in [-0.4, -0.2) is 196 Å². The fraction of sp³-hybridized carbons (Fsp3) is 0.375. The van der Waals surface area contributed by atoms with Gasteiger partial charge in [-0.15, -0.1) is 0 Å². The molecule has 0 saturated heterocycles. The molecule has 0 aliphatic carbocycles. The summed E-state index contributed by atoms with van der Waals surface area (Å²) in [5.41, 5.74) is -1.28. The van der Waals surface area contributed by atoms with Crippen LogP contribution in [0.3, 0.4) is 0 Å². The molecule has 0 aliphatic rings. The number of benzene rings is 2. The fourth-order valence-corrected chi connectivity index (χ4v) is 4.99. The zero-order valence-electron chi connectivity index (χ0n) is 45.5. The van der Waals surface area contributed by atoms with Gasteiger partial charge in [0.05, 0.1) is 47.8 Å². The number of hydrogen-bond donors (Lipinski definition) is 0. The van der Waals surface area contributed by atoms with Crippen LogP contribution in [0, 0.1) is 11.6 Å². The van der Waals surface area contributed by atoms with E-state index in [9.17, 15) is 98.2 Å². The predicted molar refractivity (Wildman–Crippen MR) is 272 cm³/mol. The van der Waals surface area contributed by atoms with E-state index in [0.717, 1.165) is 43.9 Å². The topological polar surface area (TPSA) is 1280 Å². The van der Waals surface area contributed by atoms with Crippen molar-refractivity contribution < 1.29 is 337 Å². The average Bonchev–Trinajstić information content (AvgIpc) is 2.99. The maximum Gasteiger partial charge on any atom is 3.00 e. The molecule has 0 aromatic heterocycles. The molecular formula is C32H98F2Fe5N4O46+18. The van der Waals surface area contributed by atoms with Crippen LogP contribution in [-0.2, 0) is 227 Å². The second-order valence-electron chi connectivity index (χ2n) is 11.7. The second-order valence-corrected chi connectivity index (χ2v) is 11.7. The zero-order valence-corrected chi connectivity index (χ0v) is 51.1. The Morgan fingerprint density at radius 1 is 0.270 bits per heavy atom. The van der Waals surface area contributed by atoms with Crippen molar-refractivity contribution in [2.75, 3.05) is 52.4 Å². The third-order valence-corrected chi connectivity index (χ3v) is 6.81. The minimum atomic E-state index is -1.64. The molecule has 0 atom stereocenters. The van der Waals surface area contributed by atoms with Gasteiger partial charge in [0.15, 0.2) is 0 Å². The molecular weight excluding hydrogens is 1490 g/mol. The van der Waals surface area contributed by atoms with Crippen LogP contribution in [0.2, 0.25) is 0 Å². The number of rotatable bonds is 24. The van der Waals surface area contributed by atoms with Gasteiger partial charge in [-0.05, 0) is 46.5 Å². The maximum absolute atomic E-state index is 13.9. The molecule has 50 nitrogen and oxygen atoms in total. The van der Waals surface area contributed by atoms with Gasteiger partial charge in [0, 0.05) is 78.5 Å². The van der Waals surface area contributed by atoms with Crippen molar-refractivity contribution in [3.8, 4) is 11.5 Å². The Labute approximate surface area is 550 Å². The third-order valence-electron chi connectivity index (χ3n) is 6.81. The molecule has 0 fully saturated rings. The molecule has 0 spiro atoms. The fourth-order valence-electron chi connectivity index (χ4n) is 4.99. The van der Waals surface area contributed by atoms with E-state index >= 15 is 0 Å². The van der Waals surface area contributed by atoms with Crippen molar-refractivity contribution in [2.45, 2.75) is 26.2 Å². The Morgan fingerprint density at radius 2 is 0.360 bits per heavy atom. The molecule has 0 heterocycles. The SMILES string of the molecule is O.O.O.O.O.O.O.O.O.O.O.O.O.O.O=C([O-])CN(CC(=O)[O-])Cc1cc(F)cc(CN(CC(=O)[O-])CC(=O)[O-])c1[O-].O=C([O-])CN(CC(=O)[O-])Cc1cc(F)cc(CN(CC(=O)[O-])CC(=O)[O-])c1[O-].[Fe+2].[Fe+3].[Fe+3].[Fe+3].[Fe+3].[OH3+].[OH3+].[OH3+].[OH3+].[OH3+].[OH3+].[OH3+].[OH3+].[OH3+].[OH3+].[OH3+].[OH3+].[OH3+].[OH3+]. The van der Waals surface area contributed by atoms with Crippen LogP contribution in [0.15, 0.2) is 24.3 Å². The monoisotopic (exact) mass is 1590 g/mol. The molecule has 0 unspecified atom stereocenters. The predicted octanol–water partition coefficient (Wildman–Crippen LogP) is -37.5. The first kappa shape index (κ1) is 222. The Balaban J connectivity index is -0.0000000166. The smallest absolute Gasteiger partial charge is 0.872 e. The summed E-state index contributed by atoms with van der Waals surface area (Å²) in [5.74, 6) is -16.7. The number of carboxylic acid groups (broad SMARTS) is 8. The van der Waals surface area contributed by atoms with Crippen LogP contribution < -0.4 is 51.1 Å². The first-order chi connectivity index (χ1) is 25.9. The van der Waals surface area contributed by atoms with Crippen molar-refractivity contribution in [1.29, 1.82) is 0 Å². The van der Waals surface area contributed by atoms with Crippen LogP contribution in [0.1, 0.15) is 22.3 Å². The Hall–Kier alpha value is -5.02. The van der Waals surface area contributed by atoms with Crippen molar-refractivity contribution >= 4 is 47.8 Å². The molecule has 2 aromatic rings. The molecule has 0 bridgehead atoms. The summed E-state index contributed by atoms with van der Waals surface area (Å²) in [6.07, 6.45) is 0. The van der Waals surface area contributed by atoms with E-state index in [1.807, 2.05) is 0 Å². The van der Waals surface area contributed by atoms with E-state index in [1.165, 1.54) is 0 Å². The average molecular weight is 1590 g/mol. The number of carbonyl (C=O) groups excluding carboxylic acids is 8. The van der Waals surface area contributed by atoms with Gasteiger partial charge in [-0.25, -0.2) is 8.78 Å². The molecule has 57 heteroatoms. The van der Waals surface area contributed by atoms with Gasteiger partial charge in [-0.3, -0.25) is 19.6 Å². The zero-order chi connectivity index (χ0) is 42.9. The number of halogens is 2. The van der Waals surface area contributed by atoms with Crippen LogP contribution >= 0.6 is 0 Å². The third kappa shape index (κ3) is 96.8.